The molecule has 2 aromatic carbocycles. The standard InChI is InChI=1S/C14H7FO4S/c15-9-3-1-8(2-4-9)13(16)18-10-5-6-12-11(7-10)19-14(17)20-12/h1-7H. The van der Waals surface area contributed by atoms with Crippen LogP contribution in [0.3, 0.4) is 0 Å². The summed E-state index contributed by atoms with van der Waals surface area (Å²) in [5.41, 5.74) is 0.600. The minimum Gasteiger partial charge on any atom is -0.423 e. The summed E-state index contributed by atoms with van der Waals surface area (Å²) in [7, 11) is 0. The third-order valence-corrected chi connectivity index (χ3v) is 3.40. The van der Waals surface area contributed by atoms with Crippen molar-refractivity contribution in [1.29, 1.82) is 0 Å². The minimum absolute atomic E-state index is 0.235. The molecule has 3 rings (SSSR count). The molecule has 0 aliphatic carbocycles. The summed E-state index contributed by atoms with van der Waals surface area (Å²) in [5, 5.41) is 0. The lowest BCUT2D eigenvalue weighted by Gasteiger charge is -2.03. The van der Waals surface area contributed by atoms with Crippen LogP contribution in [0.15, 0.2) is 51.7 Å². The molecule has 100 valence electrons. The van der Waals surface area contributed by atoms with Gasteiger partial charge in [0.05, 0.1) is 10.3 Å². The van der Waals surface area contributed by atoms with Crippen molar-refractivity contribution >= 4 is 27.6 Å². The van der Waals surface area contributed by atoms with Crippen LogP contribution in [0.2, 0.25) is 0 Å². The van der Waals surface area contributed by atoms with E-state index >= 15 is 0 Å². The van der Waals surface area contributed by atoms with Crippen molar-refractivity contribution in [3.8, 4) is 5.75 Å². The first-order valence-electron chi connectivity index (χ1n) is 5.63. The molecule has 0 bridgehead atoms. The molecule has 20 heavy (non-hydrogen) atoms. The Morgan fingerprint density at radius 2 is 1.90 bits per heavy atom. The van der Waals surface area contributed by atoms with Gasteiger partial charge in [0.1, 0.15) is 11.6 Å². The van der Waals surface area contributed by atoms with Gasteiger partial charge in [-0.15, -0.1) is 0 Å². The van der Waals surface area contributed by atoms with Crippen LogP contribution < -0.4 is 9.68 Å². The van der Waals surface area contributed by atoms with Crippen molar-refractivity contribution in [1.82, 2.24) is 0 Å². The maximum atomic E-state index is 12.8. The number of benzene rings is 2. The Morgan fingerprint density at radius 1 is 1.15 bits per heavy atom. The van der Waals surface area contributed by atoms with Crippen LogP contribution >= 0.6 is 11.3 Å². The van der Waals surface area contributed by atoms with Gasteiger partial charge in [-0.3, -0.25) is 0 Å². The van der Waals surface area contributed by atoms with Gasteiger partial charge in [0.25, 0.3) is 0 Å². The predicted octanol–water partition coefficient (Wildman–Crippen LogP) is 3.21. The molecule has 0 spiro atoms. The third kappa shape index (κ3) is 2.46. The van der Waals surface area contributed by atoms with Crippen molar-refractivity contribution in [3.05, 3.63) is 63.6 Å². The van der Waals surface area contributed by atoms with Crippen LogP contribution in [-0.4, -0.2) is 5.97 Å². The summed E-state index contributed by atoms with van der Waals surface area (Å²) in [6, 6.07) is 9.69. The number of ether oxygens (including phenoxy) is 1. The molecule has 0 aliphatic heterocycles. The molecule has 0 fully saturated rings. The van der Waals surface area contributed by atoms with Crippen molar-refractivity contribution in [2.24, 2.45) is 0 Å². The Labute approximate surface area is 116 Å². The Morgan fingerprint density at radius 3 is 2.65 bits per heavy atom. The second kappa shape index (κ2) is 4.90. The monoisotopic (exact) mass is 290 g/mol. The van der Waals surface area contributed by atoms with E-state index in [2.05, 4.69) is 0 Å². The maximum Gasteiger partial charge on any atom is 0.396 e. The molecule has 0 atom stereocenters. The number of halogens is 1. The molecule has 0 unspecified atom stereocenters. The summed E-state index contributed by atoms with van der Waals surface area (Å²) >= 11 is 0.973. The first-order chi connectivity index (χ1) is 9.61. The fraction of sp³-hybridized carbons (Fsp3) is 0. The maximum absolute atomic E-state index is 12.8. The first kappa shape index (κ1) is 12.6. The largest absolute Gasteiger partial charge is 0.423 e. The number of carbonyl (C=O) groups is 1. The second-order valence-corrected chi connectivity index (χ2v) is 4.94. The van der Waals surface area contributed by atoms with Crippen molar-refractivity contribution in [2.75, 3.05) is 0 Å². The van der Waals surface area contributed by atoms with Gasteiger partial charge in [-0.2, -0.15) is 0 Å². The lowest BCUT2D eigenvalue weighted by atomic mass is 10.2. The van der Waals surface area contributed by atoms with Crippen LogP contribution in [0.25, 0.3) is 10.3 Å². The van der Waals surface area contributed by atoms with Gasteiger partial charge in [-0.05, 0) is 36.4 Å². The number of hydrogen-bond acceptors (Lipinski definition) is 5. The van der Waals surface area contributed by atoms with Crippen LogP contribution in [0.1, 0.15) is 10.4 Å². The van der Waals surface area contributed by atoms with Crippen LogP contribution in [-0.2, 0) is 0 Å². The minimum atomic E-state index is -0.609. The summed E-state index contributed by atoms with van der Waals surface area (Å²) in [6.07, 6.45) is 0. The van der Waals surface area contributed by atoms with Crippen LogP contribution in [0, 0.1) is 5.82 Å². The van der Waals surface area contributed by atoms with E-state index in [0.29, 0.717) is 10.3 Å². The van der Waals surface area contributed by atoms with Gasteiger partial charge >= 0.3 is 10.9 Å². The van der Waals surface area contributed by atoms with Gasteiger partial charge in [0.2, 0.25) is 0 Å². The number of fused-ring (bicyclic) bond motifs is 1. The fourth-order valence-corrected chi connectivity index (χ4v) is 2.32. The van der Waals surface area contributed by atoms with E-state index in [9.17, 15) is 14.0 Å². The number of carbonyl (C=O) groups excluding carboxylic acids is 1. The zero-order valence-corrected chi connectivity index (χ0v) is 10.8. The van der Waals surface area contributed by atoms with E-state index in [1.165, 1.54) is 30.3 Å². The van der Waals surface area contributed by atoms with Crippen molar-refractivity contribution in [3.63, 3.8) is 0 Å². The average molecular weight is 290 g/mol. The van der Waals surface area contributed by atoms with Gasteiger partial charge in [-0.25, -0.2) is 14.0 Å². The Balaban J connectivity index is 1.86. The lowest BCUT2D eigenvalue weighted by Crippen LogP contribution is -2.08. The number of esters is 1. The summed E-state index contributed by atoms with van der Waals surface area (Å²) in [5.74, 6) is -0.779. The van der Waals surface area contributed by atoms with E-state index in [1.54, 1.807) is 12.1 Å². The molecule has 0 radical (unpaired) electrons. The van der Waals surface area contributed by atoms with Crippen LogP contribution in [0.5, 0.6) is 5.75 Å². The topological polar surface area (TPSA) is 56.5 Å². The van der Waals surface area contributed by atoms with E-state index in [-0.39, 0.29) is 11.3 Å². The highest BCUT2D eigenvalue weighted by Gasteiger charge is 2.10. The molecule has 6 heteroatoms. The van der Waals surface area contributed by atoms with Crippen molar-refractivity contribution < 1.29 is 18.3 Å². The zero-order chi connectivity index (χ0) is 14.1. The summed E-state index contributed by atoms with van der Waals surface area (Å²) in [6.45, 7) is 0. The Bertz CT molecular complexity index is 832. The highest BCUT2D eigenvalue weighted by atomic mass is 32.1. The van der Waals surface area contributed by atoms with Crippen molar-refractivity contribution in [2.45, 2.75) is 0 Å². The van der Waals surface area contributed by atoms with E-state index in [0.717, 1.165) is 11.3 Å². The molecule has 1 aromatic heterocycles. The predicted molar refractivity (Wildman–Crippen MR) is 71.7 cm³/mol. The molecule has 4 nitrogen and oxygen atoms in total. The average Bonchev–Trinajstić information content (AvgIpc) is 2.78. The smallest absolute Gasteiger partial charge is 0.396 e. The SMILES string of the molecule is O=C(Oc1ccc2sc(=O)oc2c1)c1ccc(F)cc1. The van der Waals surface area contributed by atoms with E-state index in [1.807, 2.05) is 0 Å². The molecule has 0 saturated heterocycles. The molecule has 0 N–H and O–H groups in total. The van der Waals surface area contributed by atoms with Gasteiger partial charge in [0, 0.05) is 6.07 Å². The summed E-state index contributed by atoms with van der Waals surface area (Å²) < 4.78 is 23.5. The van der Waals surface area contributed by atoms with Crippen LogP contribution in [0.4, 0.5) is 4.39 Å². The molecular formula is C14H7FO4S. The molecule has 0 saturated carbocycles. The molecule has 0 aliphatic rings. The zero-order valence-electron chi connectivity index (χ0n) is 9.96. The van der Waals surface area contributed by atoms with Gasteiger partial charge in [-0.1, -0.05) is 11.3 Å². The number of rotatable bonds is 2. The highest BCUT2D eigenvalue weighted by Crippen LogP contribution is 2.23. The fourth-order valence-electron chi connectivity index (χ4n) is 1.67. The summed E-state index contributed by atoms with van der Waals surface area (Å²) in [4.78, 5) is 22.5. The lowest BCUT2D eigenvalue weighted by molar-refractivity contribution is 0.0735. The second-order valence-electron chi connectivity index (χ2n) is 3.96. The van der Waals surface area contributed by atoms with Gasteiger partial charge in [0.15, 0.2) is 5.58 Å². The normalized spacial score (nSPS) is 10.7. The Kier molecular flexibility index (Phi) is 3.08. The quantitative estimate of drug-likeness (QED) is 0.537. The molecule has 3 aromatic rings. The van der Waals surface area contributed by atoms with E-state index in [4.69, 9.17) is 9.15 Å². The van der Waals surface area contributed by atoms with Gasteiger partial charge < -0.3 is 9.15 Å². The molecule has 1 heterocycles. The number of hydrogen-bond donors (Lipinski definition) is 0. The van der Waals surface area contributed by atoms with E-state index < -0.39 is 16.7 Å². The first-order valence-corrected chi connectivity index (χ1v) is 6.45. The Hall–Kier alpha value is -2.47. The molecular weight excluding hydrogens is 283 g/mol. The molecule has 0 amide bonds. The highest BCUT2D eigenvalue weighted by molar-refractivity contribution is 7.16. The third-order valence-electron chi connectivity index (χ3n) is 2.59.